The van der Waals surface area contributed by atoms with E-state index in [1.165, 1.54) is 0 Å². The summed E-state index contributed by atoms with van der Waals surface area (Å²) in [5.41, 5.74) is 0.630. The number of aromatic nitrogens is 5. The van der Waals surface area contributed by atoms with Crippen molar-refractivity contribution in [2.45, 2.75) is 32.4 Å². The first-order chi connectivity index (χ1) is 10.2. The van der Waals surface area contributed by atoms with Gasteiger partial charge in [-0.2, -0.15) is 0 Å². The largest absolute Gasteiger partial charge is 0.387 e. The summed E-state index contributed by atoms with van der Waals surface area (Å²) in [6, 6.07) is 1.83. The minimum Gasteiger partial charge on any atom is -0.387 e. The number of aliphatic hydroxyl groups is 1. The van der Waals surface area contributed by atoms with Gasteiger partial charge in [0.2, 0.25) is 5.95 Å². The van der Waals surface area contributed by atoms with E-state index in [0.29, 0.717) is 11.6 Å². The van der Waals surface area contributed by atoms with Crippen molar-refractivity contribution in [1.82, 2.24) is 25.0 Å². The SMILES string of the molecule is C[C@@H](O)c1cn(CC2CCN(c3ncccn3)CC2)nn1. The molecule has 1 N–H and O–H groups in total. The zero-order chi connectivity index (χ0) is 14.7. The molecule has 0 amide bonds. The number of hydrogen-bond donors (Lipinski definition) is 1. The Hall–Kier alpha value is -2.02. The minimum absolute atomic E-state index is 0.559. The van der Waals surface area contributed by atoms with E-state index in [1.807, 2.05) is 16.9 Å². The van der Waals surface area contributed by atoms with Crippen LogP contribution in [-0.4, -0.2) is 43.2 Å². The predicted molar refractivity (Wildman–Crippen MR) is 77.6 cm³/mol. The van der Waals surface area contributed by atoms with E-state index in [9.17, 15) is 5.11 Å². The molecule has 0 unspecified atom stereocenters. The van der Waals surface area contributed by atoms with Gasteiger partial charge in [0, 0.05) is 32.0 Å². The van der Waals surface area contributed by atoms with Crippen molar-refractivity contribution in [2.24, 2.45) is 5.92 Å². The van der Waals surface area contributed by atoms with Crippen LogP contribution < -0.4 is 4.90 Å². The molecule has 1 fully saturated rings. The molecule has 0 bridgehead atoms. The van der Waals surface area contributed by atoms with E-state index < -0.39 is 6.10 Å². The van der Waals surface area contributed by atoms with Gasteiger partial charge < -0.3 is 10.0 Å². The Morgan fingerprint density at radius 3 is 2.62 bits per heavy atom. The number of anilines is 1. The quantitative estimate of drug-likeness (QED) is 0.905. The second kappa shape index (κ2) is 6.17. The highest BCUT2D eigenvalue weighted by Gasteiger charge is 2.21. The molecule has 112 valence electrons. The summed E-state index contributed by atoms with van der Waals surface area (Å²) < 4.78 is 1.83. The van der Waals surface area contributed by atoms with Crippen LogP contribution in [0.1, 0.15) is 31.6 Å². The van der Waals surface area contributed by atoms with Gasteiger partial charge in [0.15, 0.2) is 0 Å². The van der Waals surface area contributed by atoms with Crippen LogP contribution in [0.2, 0.25) is 0 Å². The summed E-state index contributed by atoms with van der Waals surface area (Å²) in [5, 5.41) is 17.5. The second-order valence-electron chi connectivity index (χ2n) is 5.52. The van der Waals surface area contributed by atoms with E-state index in [2.05, 4.69) is 25.2 Å². The van der Waals surface area contributed by atoms with E-state index in [-0.39, 0.29) is 0 Å². The highest BCUT2D eigenvalue weighted by Crippen LogP contribution is 2.21. The molecule has 2 aromatic heterocycles. The van der Waals surface area contributed by atoms with E-state index in [0.717, 1.165) is 38.4 Å². The molecule has 1 saturated heterocycles. The monoisotopic (exact) mass is 288 g/mol. The Balaban J connectivity index is 1.54. The molecule has 0 radical (unpaired) electrons. The Morgan fingerprint density at radius 1 is 1.29 bits per heavy atom. The lowest BCUT2D eigenvalue weighted by atomic mass is 9.97. The summed E-state index contributed by atoms with van der Waals surface area (Å²) in [6.07, 6.45) is 7.00. The number of piperidine rings is 1. The number of rotatable bonds is 4. The first-order valence-corrected chi connectivity index (χ1v) is 7.32. The third-order valence-electron chi connectivity index (χ3n) is 3.88. The zero-order valence-electron chi connectivity index (χ0n) is 12.1. The zero-order valence-corrected chi connectivity index (χ0v) is 12.1. The molecular formula is C14H20N6O. The lowest BCUT2D eigenvalue weighted by molar-refractivity contribution is 0.194. The maximum absolute atomic E-state index is 9.47. The number of aliphatic hydroxyl groups excluding tert-OH is 1. The standard InChI is InChI=1S/C14H20N6O/c1-11(21)13-10-20(18-17-13)9-12-3-7-19(8-4-12)14-15-5-2-6-16-14/h2,5-6,10-12,21H,3-4,7-9H2,1H3/t11-/m1/s1. The van der Waals surface area contributed by atoms with E-state index in [1.54, 1.807) is 19.3 Å². The Labute approximate surface area is 123 Å². The summed E-state index contributed by atoms with van der Waals surface area (Å²) in [4.78, 5) is 10.8. The van der Waals surface area contributed by atoms with Gasteiger partial charge in [-0.15, -0.1) is 5.10 Å². The summed E-state index contributed by atoms with van der Waals surface area (Å²) >= 11 is 0. The third kappa shape index (κ3) is 3.36. The van der Waals surface area contributed by atoms with Crippen LogP contribution in [0.5, 0.6) is 0 Å². The lowest BCUT2D eigenvalue weighted by Crippen LogP contribution is -2.36. The molecule has 7 heteroatoms. The van der Waals surface area contributed by atoms with Crippen molar-refractivity contribution in [3.05, 3.63) is 30.4 Å². The van der Waals surface area contributed by atoms with Crippen molar-refractivity contribution in [1.29, 1.82) is 0 Å². The van der Waals surface area contributed by atoms with Crippen molar-refractivity contribution in [2.75, 3.05) is 18.0 Å². The molecule has 0 aliphatic carbocycles. The van der Waals surface area contributed by atoms with Gasteiger partial charge in [-0.25, -0.2) is 9.97 Å². The predicted octanol–water partition coefficient (Wildman–Crippen LogP) is 1.04. The van der Waals surface area contributed by atoms with Gasteiger partial charge in [0.25, 0.3) is 0 Å². The highest BCUT2D eigenvalue weighted by molar-refractivity contribution is 5.28. The molecule has 1 aliphatic rings. The van der Waals surface area contributed by atoms with Gasteiger partial charge in [-0.3, -0.25) is 4.68 Å². The third-order valence-corrected chi connectivity index (χ3v) is 3.88. The van der Waals surface area contributed by atoms with E-state index in [4.69, 9.17) is 0 Å². The maximum atomic E-state index is 9.47. The van der Waals surface area contributed by atoms with Gasteiger partial charge in [-0.05, 0) is 31.7 Å². The lowest BCUT2D eigenvalue weighted by Gasteiger charge is -2.31. The number of hydrogen-bond acceptors (Lipinski definition) is 6. The van der Waals surface area contributed by atoms with Crippen LogP contribution in [0.3, 0.4) is 0 Å². The van der Waals surface area contributed by atoms with Crippen molar-refractivity contribution >= 4 is 5.95 Å². The fourth-order valence-corrected chi connectivity index (χ4v) is 2.63. The molecule has 0 spiro atoms. The fourth-order valence-electron chi connectivity index (χ4n) is 2.63. The first kappa shape index (κ1) is 13.9. The molecule has 3 rings (SSSR count). The number of nitrogens with zero attached hydrogens (tertiary/aromatic N) is 6. The summed E-state index contributed by atoms with van der Waals surface area (Å²) in [6.45, 7) is 4.48. The molecular weight excluding hydrogens is 268 g/mol. The van der Waals surface area contributed by atoms with Crippen LogP contribution >= 0.6 is 0 Å². The van der Waals surface area contributed by atoms with Crippen molar-refractivity contribution in [3.63, 3.8) is 0 Å². The van der Waals surface area contributed by atoms with Crippen LogP contribution in [0.25, 0.3) is 0 Å². The van der Waals surface area contributed by atoms with Gasteiger partial charge in [0.05, 0.1) is 12.3 Å². The molecule has 21 heavy (non-hydrogen) atoms. The molecule has 0 saturated carbocycles. The van der Waals surface area contributed by atoms with E-state index >= 15 is 0 Å². The van der Waals surface area contributed by atoms with Crippen LogP contribution in [-0.2, 0) is 6.54 Å². The molecule has 1 atom stereocenters. The Morgan fingerprint density at radius 2 is 2.00 bits per heavy atom. The van der Waals surface area contributed by atoms with Crippen LogP contribution in [0.4, 0.5) is 5.95 Å². The second-order valence-corrected chi connectivity index (χ2v) is 5.52. The molecule has 3 heterocycles. The minimum atomic E-state index is -0.559. The molecule has 0 aromatic carbocycles. The fraction of sp³-hybridized carbons (Fsp3) is 0.571. The summed E-state index contributed by atoms with van der Waals surface area (Å²) in [5.74, 6) is 1.39. The van der Waals surface area contributed by atoms with Gasteiger partial charge in [-0.1, -0.05) is 5.21 Å². The van der Waals surface area contributed by atoms with Crippen molar-refractivity contribution in [3.8, 4) is 0 Å². The van der Waals surface area contributed by atoms with Crippen LogP contribution in [0, 0.1) is 5.92 Å². The molecule has 1 aliphatic heterocycles. The molecule has 7 nitrogen and oxygen atoms in total. The average molecular weight is 288 g/mol. The average Bonchev–Trinajstić information content (AvgIpc) is 2.98. The molecule has 2 aromatic rings. The Bertz CT molecular complexity index is 562. The smallest absolute Gasteiger partial charge is 0.225 e. The van der Waals surface area contributed by atoms with Crippen LogP contribution in [0.15, 0.2) is 24.7 Å². The highest BCUT2D eigenvalue weighted by atomic mass is 16.3. The normalized spacial score (nSPS) is 17.9. The topological polar surface area (TPSA) is 80.0 Å². The van der Waals surface area contributed by atoms with Gasteiger partial charge >= 0.3 is 0 Å². The maximum Gasteiger partial charge on any atom is 0.225 e. The van der Waals surface area contributed by atoms with Crippen molar-refractivity contribution < 1.29 is 5.11 Å². The first-order valence-electron chi connectivity index (χ1n) is 7.32. The summed E-state index contributed by atoms with van der Waals surface area (Å²) in [7, 11) is 0. The Kier molecular flexibility index (Phi) is 4.10. The van der Waals surface area contributed by atoms with Gasteiger partial charge in [0.1, 0.15) is 5.69 Å².